The van der Waals surface area contributed by atoms with Gasteiger partial charge in [0.2, 0.25) is 0 Å². The smallest absolute Gasteiger partial charge is 0.255 e. The molecule has 4 rings (SSSR count). The van der Waals surface area contributed by atoms with E-state index in [0.717, 1.165) is 28.3 Å². The average molecular weight is 421 g/mol. The number of aromatic nitrogens is 2. The fourth-order valence-corrected chi connectivity index (χ4v) is 4.14. The summed E-state index contributed by atoms with van der Waals surface area (Å²) in [5.41, 5.74) is 4.49. The molecule has 1 unspecified atom stereocenters. The number of benzene rings is 2. The summed E-state index contributed by atoms with van der Waals surface area (Å²) >= 11 is 0. The molecular weight excluding hydrogens is 392 g/mol. The van der Waals surface area contributed by atoms with E-state index in [2.05, 4.69) is 34.3 Å². The van der Waals surface area contributed by atoms with Gasteiger partial charge in [0.1, 0.15) is 5.75 Å². The van der Waals surface area contributed by atoms with Crippen molar-refractivity contribution in [1.82, 2.24) is 10.2 Å². The normalized spacial score (nSPS) is 17.7. The van der Waals surface area contributed by atoms with Gasteiger partial charge in [-0.05, 0) is 61.9 Å². The van der Waals surface area contributed by atoms with Crippen LogP contribution in [-0.2, 0) is 5.41 Å². The Morgan fingerprint density at radius 1 is 1.29 bits per heavy atom. The first-order chi connectivity index (χ1) is 14.9. The molecule has 0 aliphatic carbocycles. The van der Waals surface area contributed by atoms with Gasteiger partial charge in [0.05, 0.1) is 25.1 Å². The number of methoxy groups -OCH3 is 1. The van der Waals surface area contributed by atoms with Crippen LogP contribution in [0.15, 0.2) is 48.7 Å². The summed E-state index contributed by atoms with van der Waals surface area (Å²) in [7, 11) is 1.60. The van der Waals surface area contributed by atoms with Crippen molar-refractivity contribution in [2.24, 2.45) is 0 Å². The summed E-state index contributed by atoms with van der Waals surface area (Å²) in [6, 6.07) is 13.2. The highest BCUT2D eigenvalue weighted by atomic mass is 16.5. The quantitative estimate of drug-likeness (QED) is 0.564. The Bertz CT molecular complexity index is 1080. The standard InChI is InChI=1S/C24H28N4O3/c1-15(2)28-13-24(3,14-29)20-12-16(11-19(22(20)28)21-9-10-25-27-21)23(30)26-17-5-7-18(31-4)8-6-17/h5-12,15,29H,13-14H2,1-4H3,(H,25,27)(H,26,30). The predicted octanol–water partition coefficient (Wildman–Crippen LogP) is 3.82. The number of nitrogens with one attached hydrogen (secondary N) is 2. The molecular formula is C24H28N4O3. The first kappa shape index (κ1) is 20.9. The number of anilines is 2. The zero-order valence-corrected chi connectivity index (χ0v) is 18.3. The lowest BCUT2D eigenvalue weighted by Gasteiger charge is -2.28. The molecule has 1 aromatic heterocycles. The number of ether oxygens (including phenoxy) is 1. The second kappa shape index (κ2) is 8.07. The molecule has 0 saturated heterocycles. The molecule has 0 spiro atoms. The van der Waals surface area contributed by atoms with E-state index in [0.29, 0.717) is 17.8 Å². The summed E-state index contributed by atoms with van der Waals surface area (Å²) in [6.07, 6.45) is 1.70. The monoisotopic (exact) mass is 420 g/mol. The van der Waals surface area contributed by atoms with Crippen LogP contribution >= 0.6 is 0 Å². The molecule has 1 amide bonds. The van der Waals surface area contributed by atoms with Gasteiger partial charge < -0.3 is 20.1 Å². The molecule has 3 N–H and O–H groups in total. The highest BCUT2D eigenvalue weighted by molar-refractivity contribution is 6.06. The van der Waals surface area contributed by atoms with Gasteiger partial charge in [-0.2, -0.15) is 5.10 Å². The van der Waals surface area contributed by atoms with Gasteiger partial charge in [0, 0.05) is 41.0 Å². The number of carbonyl (C=O) groups is 1. The van der Waals surface area contributed by atoms with Crippen molar-refractivity contribution in [2.75, 3.05) is 30.5 Å². The highest BCUT2D eigenvalue weighted by Crippen LogP contribution is 2.47. The van der Waals surface area contributed by atoms with E-state index < -0.39 is 5.41 Å². The van der Waals surface area contributed by atoms with E-state index in [9.17, 15) is 9.90 Å². The predicted molar refractivity (Wildman–Crippen MR) is 122 cm³/mol. The molecule has 0 saturated carbocycles. The highest BCUT2D eigenvalue weighted by Gasteiger charge is 2.41. The molecule has 162 valence electrons. The van der Waals surface area contributed by atoms with Gasteiger partial charge in [0.25, 0.3) is 5.91 Å². The Labute approximate surface area is 182 Å². The van der Waals surface area contributed by atoms with Gasteiger partial charge >= 0.3 is 0 Å². The van der Waals surface area contributed by atoms with Crippen molar-refractivity contribution in [3.05, 3.63) is 59.8 Å². The largest absolute Gasteiger partial charge is 0.497 e. The van der Waals surface area contributed by atoms with Crippen molar-refractivity contribution < 1.29 is 14.6 Å². The molecule has 2 heterocycles. The Balaban J connectivity index is 1.80. The lowest BCUT2D eigenvalue weighted by atomic mass is 9.83. The van der Waals surface area contributed by atoms with E-state index in [1.165, 1.54) is 0 Å². The number of amides is 1. The topological polar surface area (TPSA) is 90.5 Å². The number of hydrogen-bond donors (Lipinski definition) is 3. The van der Waals surface area contributed by atoms with Crippen molar-refractivity contribution in [3.63, 3.8) is 0 Å². The fourth-order valence-electron chi connectivity index (χ4n) is 4.14. The number of aliphatic hydroxyl groups is 1. The lowest BCUT2D eigenvalue weighted by molar-refractivity contribution is 0.102. The Hall–Kier alpha value is -3.32. The maximum Gasteiger partial charge on any atom is 0.255 e. The molecule has 31 heavy (non-hydrogen) atoms. The van der Waals surface area contributed by atoms with Crippen LogP contribution < -0.4 is 15.0 Å². The minimum absolute atomic E-state index is 0.00477. The Morgan fingerprint density at radius 3 is 2.61 bits per heavy atom. The van der Waals surface area contributed by atoms with Crippen LogP contribution in [0, 0.1) is 0 Å². The van der Waals surface area contributed by atoms with E-state index in [-0.39, 0.29) is 18.6 Å². The van der Waals surface area contributed by atoms with Crippen LogP contribution in [0.2, 0.25) is 0 Å². The van der Waals surface area contributed by atoms with E-state index in [4.69, 9.17) is 4.74 Å². The summed E-state index contributed by atoms with van der Waals surface area (Å²) in [5, 5.41) is 20.3. The second-order valence-corrected chi connectivity index (χ2v) is 8.51. The molecule has 1 atom stereocenters. The van der Waals surface area contributed by atoms with E-state index in [1.807, 2.05) is 25.1 Å². The van der Waals surface area contributed by atoms with E-state index >= 15 is 0 Å². The fraction of sp³-hybridized carbons (Fsp3) is 0.333. The number of rotatable bonds is 6. The Kier molecular flexibility index (Phi) is 5.45. The van der Waals surface area contributed by atoms with Crippen LogP contribution in [0.25, 0.3) is 11.3 Å². The number of hydrogen-bond acceptors (Lipinski definition) is 5. The van der Waals surface area contributed by atoms with Crippen LogP contribution in [0.5, 0.6) is 5.75 Å². The summed E-state index contributed by atoms with van der Waals surface area (Å²) in [6.45, 7) is 6.98. The molecule has 2 aromatic carbocycles. The minimum atomic E-state index is -0.467. The SMILES string of the molecule is COc1ccc(NC(=O)c2cc(-c3ccn[nH]3)c3c(c2)C(C)(CO)CN3C(C)C)cc1. The average Bonchev–Trinajstić information content (AvgIpc) is 3.41. The van der Waals surface area contributed by atoms with Crippen LogP contribution in [-0.4, -0.2) is 47.5 Å². The second-order valence-electron chi connectivity index (χ2n) is 8.51. The third-order valence-corrected chi connectivity index (χ3v) is 5.94. The molecule has 0 fully saturated rings. The minimum Gasteiger partial charge on any atom is -0.497 e. The first-order valence-electron chi connectivity index (χ1n) is 10.4. The zero-order chi connectivity index (χ0) is 22.2. The maximum atomic E-state index is 13.2. The molecule has 0 bridgehead atoms. The van der Waals surface area contributed by atoms with Crippen molar-refractivity contribution >= 4 is 17.3 Å². The van der Waals surface area contributed by atoms with Crippen molar-refractivity contribution in [2.45, 2.75) is 32.2 Å². The number of nitrogens with zero attached hydrogens (tertiary/aromatic N) is 2. The van der Waals surface area contributed by atoms with Gasteiger partial charge in [0.15, 0.2) is 0 Å². The van der Waals surface area contributed by atoms with E-state index in [1.54, 1.807) is 37.6 Å². The number of aromatic amines is 1. The third-order valence-electron chi connectivity index (χ3n) is 5.94. The van der Waals surface area contributed by atoms with Gasteiger partial charge in [-0.15, -0.1) is 0 Å². The Morgan fingerprint density at radius 2 is 2.03 bits per heavy atom. The van der Waals surface area contributed by atoms with Crippen molar-refractivity contribution in [1.29, 1.82) is 0 Å². The molecule has 3 aromatic rings. The number of fused-ring (bicyclic) bond motifs is 1. The molecule has 0 radical (unpaired) electrons. The summed E-state index contributed by atoms with van der Waals surface area (Å²) in [5.74, 6) is 0.515. The third kappa shape index (κ3) is 3.77. The van der Waals surface area contributed by atoms with Crippen LogP contribution in [0.1, 0.15) is 36.7 Å². The number of aliphatic hydroxyl groups excluding tert-OH is 1. The molecule has 7 heteroatoms. The van der Waals surface area contributed by atoms with Crippen LogP contribution in [0.3, 0.4) is 0 Å². The number of carbonyl (C=O) groups excluding carboxylic acids is 1. The summed E-state index contributed by atoms with van der Waals surface area (Å²) in [4.78, 5) is 15.4. The number of H-pyrrole nitrogens is 1. The molecule has 1 aliphatic heterocycles. The van der Waals surface area contributed by atoms with Gasteiger partial charge in [-0.25, -0.2) is 0 Å². The molecule has 1 aliphatic rings. The van der Waals surface area contributed by atoms with Gasteiger partial charge in [-0.3, -0.25) is 9.89 Å². The lowest BCUT2D eigenvalue weighted by Crippen LogP contribution is -2.37. The molecule has 7 nitrogen and oxygen atoms in total. The summed E-state index contributed by atoms with van der Waals surface area (Å²) < 4.78 is 5.18. The zero-order valence-electron chi connectivity index (χ0n) is 18.3. The first-order valence-corrected chi connectivity index (χ1v) is 10.4. The maximum absolute atomic E-state index is 13.2. The van der Waals surface area contributed by atoms with Crippen LogP contribution in [0.4, 0.5) is 11.4 Å². The van der Waals surface area contributed by atoms with Gasteiger partial charge in [-0.1, -0.05) is 6.92 Å². The van der Waals surface area contributed by atoms with Crippen molar-refractivity contribution in [3.8, 4) is 17.0 Å².